The maximum atomic E-state index is 13.7. The molecule has 1 N–H and O–H groups in total. The molecule has 3 aromatic rings. The number of carbonyl (C=O) groups excluding carboxylic acids is 2. The fourth-order valence-corrected chi connectivity index (χ4v) is 7.00. The zero-order valence-electron chi connectivity index (χ0n) is 20.8. The van der Waals surface area contributed by atoms with E-state index in [4.69, 9.17) is 14.2 Å². The lowest BCUT2D eigenvalue weighted by Gasteiger charge is -2.25. The average Bonchev–Trinajstić information content (AvgIpc) is 3.28. The number of ether oxygens (including phenoxy) is 3. The molecule has 0 unspecified atom stereocenters. The number of hydrogen-bond acceptors (Lipinski definition) is 8. The molecule has 11 heteroatoms. The Kier molecular flexibility index (Phi) is 8.03. The summed E-state index contributed by atoms with van der Waals surface area (Å²) in [5.41, 5.74) is 1.44. The SMILES string of the molecule is COC(=O)c1c(NC(=O)CN(c2ccccc2OC)S(=O)(=O)c2ccc(OC)cc2)sc2c1CCCC2. The second-order valence-electron chi connectivity index (χ2n) is 8.31. The fraction of sp³-hybridized carbons (Fsp3) is 0.308. The molecule has 196 valence electrons. The predicted molar refractivity (Wildman–Crippen MR) is 141 cm³/mol. The Bertz CT molecular complexity index is 1400. The molecule has 1 amide bonds. The van der Waals surface area contributed by atoms with Crippen molar-refractivity contribution < 1.29 is 32.2 Å². The molecule has 9 nitrogen and oxygen atoms in total. The van der Waals surface area contributed by atoms with Crippen LogP contribution in [-0.2, 0) is 32.4 Å². The molecular weight excluding hydrogens is 516 g/mol. The monoisotopic (exact) mass is 544 g/mol. The van der Waals surface area contributed by atoms with Crippen molar-refractivity contribution in [2.24, 2.45) is 0 Å². The van der Waals surface area contributed by atoms with E-state index < -0.39 is 28.4 Å². The number of sulfonamides is 1. The van der Waals surface area contributed by atoms with Gasteiger partial charge in [-0.15, -0.1) is 11.3 Å². The van der Waals surface area contributed by atoms with Gasteiger partial charge in [0.1, 0.15) is 23.0 Å². The third-order valence-corrected chi connectivity index (χ3v) is 9.08. The molecule has 4 rings (SSSR count). The molecule has 0 saturated carbocycles. The van der Waals surface area contributed by atoms with Gasteiger partial charge in [-0.3, -0.25) is 9.10 Å². The first-order valence-corrected chi connectivity index (χ1v) is 13.9. The standard InChI is InChI=1S/C26H28N2O7S2/c1-33-17-12-14-18(15-13-17)37(31,32)28(20-9-5-6-10-21(20)34-2)16-23(29)27-25-24(26(30)35-3)19-8-4-7-11-22(19)36-25/h5-6,9-10,12-15H,4,7-8,11,16H2,1-3H3,(H,27,29). The van der Waals surface area contributed by atoms with Gasteiger partial charge in [0.25, 0.3) is 10.0 Å². The molecule has 1 aliphatic rings. The van der Waals surface area contributed by atoms with Crippen molar-refractivity contribution in [2.45, 2.75) is 30.6 Å². The minimum absolute atomic E-state index is 0.0196. The minimum Gasteiger partial charge on any atom is -0.497 e. The number of carbonyl (C=O) groups is 2. The molecule has 0 fully saturated rings. The average molecular weight is 545 g/mol. The van der Waals surface area contributed by atoms with E-state index in [1.54, 1.807) is 24.3 Å². The molecule has 0 saturated heterocycles. The number of esters is 1. The van der Waals surface area contributed by atoms with Crippen LogP contribution < -0.4 is 19.1 Å². The maximum Gasteiger partial charge on any atom is 0.341 e. The Morgan fingerprint density at radius 2 is 1.68 bits per heavy atom. The van der Waals surface area contributed by atoms with Crippen LogP contribution in [0.5, 0.6) is 11.5 Å². The fourth-order valence-electron chi connectivity index (χ4n) is 4.28. The van der Waals surface area contributed by atoms with Crippen molar-refractivity contribution in [3.8, 4) is 11.5 Å². The van der Waals surface area contributed by atoms with Crippen molar-refractivity contribution in [1.29, 1.82) is 0 Å². The molecule has 1 heterocycles. The van der Waals surface area contributed by atoms with Crippen molar-refractivity contribution in [3.63, 3.8) is 0 Å². The highest BCUT2D eigenvalue weighted by molar-refractivity contribution is 7.92. The number of anilines is 2. The van der Waals surface area contributed by atoms with Gasteiger partial charge in [0, 0.05) is 4.88 Å². The Labute approximate surface area is 220 Å². The zero-order valence-corrected chi connectivity index (χ0v) is 22.4. The normalized spacial score (nSPS) is 12.8. The second-order valence-corrected chi connectivity index (χ2v) is 11.3. The van der Waals surface area contributed by atoms with Crippen LogP contribution in [0.25, 0.3) is 0 Å². The van der Waals surface area contributed by atoms with E-state index in [-0.39, 0.29) is 16.3 Å². The largest absolute Gasteiger partial charge is 0.497 e. The van der Waals surface area contributed by atoms with Gasteiger partial charge in [-0.05, 0) is 67.6 Å². The highest BCUT2D eigenvalue weighted by Crippen LogP contribution is 2.39. The van der Waals surface area contributed by atoms with Gasteiger partial charge in [0.05, 0.1) is 37.5 Å². The summed E-state index contributed by atoms with van der Waals surface area (Å²) >= 11 is 1.33. The van der Waals surface area contributed by atoms with Crippen LogP contribution in [0.15, 0.2) is 53.4 Å². The van der Waals surface area contributed by atoms with Gasteiger partial charge >= 0.3 is 5.97 Å². The number of thiophene rings is 1. The summed E-state index contributed by atoms with van der Waals surface area (Å²) in [5, 5.41) is 3.14. The van der Waals surface area contributed by atoms with Crippen LogP contribution in [0, 0.1) is 0 Å². The van der Waals surface area contributed by atoms with Crippen LogP contribution in [0.1, 0.15) is 33.6 Å². The summed E-state index contributed by atoms with van der Waals surface area (Å²) in [6.45, 7) is -0.544. The number of fused-ring (bicyclic) bond motifs is 1. The summed E-state index contributed by atoms with van der Waals surface area (Å²) in [4.78, 5) is 26.9. The topological polar surface area (TPSA) is 111 Å². The molecule has 1 aromatic heterocycles. The number of nitrogens with one attached hydrogen (secondary N) is 1. The molecule has 2 aromatic carbocycles. The van der Waals surface area contributed by atoms with Crippen LogP contribution >= 0.6 is 11.3 Å². The third-order valence-electron chi connectivity index (χ3n) is 6.10. The minimum atomic E-state index is -4.18. The van der Waals surface area contributed by atoms with E-state index in [1.165, 1.54) is 56.9 Å². The van der Waals surface area contributed by atoms with E-state index in [2.05, 4.69) is 5.32 Å². The van der Waals surface area contributed by atoms with Crippen molar-refractivity contribution in [3.05, 3.63) is 64.5 Å². The Hall–Kier alpha value is -3.57. The van der Waals surface area contributed by atoms with Crippen molar-refractivity contribution in [2.75, 3.05) is 37.5 Å². The van der Waals surface area contributed by atoms with Crippen molar-refractivity contribution >= 4 is 43.9 Å². The number of amides is 1. The number of aryl methyl sites for hydroxylation is 1. The first kappa shape index (κ1) is 26.5. The van der Waals surface area contributed by atoms with Gasteiger partial charge in [-0.25, -0.2) is 13.2 Å². The van der Waals surface area contributed by atoms with Gasteiger partial charge in [0.2, 0.25) is 5.91 Å². The highest BCUT2D eigenvalue weighted by atomic mass is 32.2. The molecule has 37 heavy (non-hydrogen) atoms. The number of nitrogens with zero attached hydrogens (tertiary/aromatic N) is 1. The molecule has 0 bridgehead atoms. The summed E-state index contributed by atoms with van der Waals surface area (Å²) in [6, 6.07) is 12.4. The number of benzene rings is 2. The van der Waals surface area contributed by atoms with E-state index in [0.29, 0.717) is 16.3 Å². The Balaban J connectivity index is 1.70. The van der Waals surface area contributed by atoms with Gasteiger partial charge < -0.3 is 19.5 Å². The van der Waals surface area contributed by atoms with Crippen LogP contribution in [0.2, 0.25) is 0 Å². The maximum absolute atomic E-state index is 13.7. The predicted octanol–water partition coefficient (Wildman–Crippen LogP) is 4.26. The molecule has 0 radical (unpaired) electrons. The smallest absolute Gasteiger partial charge is 0.341 e. The lowest BCUT2D eigenvalue weighted by molar-refractivity contribution is -0.114. The number of rotatable bonds is 9. The van der Waals surface area contributed by atoms with Crippen LogP contribution in [-0.4, -0.2) is 48.2 Å². The molecule has 0 atom stereocenters. The number of para-hydroxylation sites is 2. The summed E-state index contributed by atoms with van der Waals surface area (Å²) in [5.74, 6) is -0.347. The van der Waals surface area contributed by atoms with Crippen LogP contribution in [0.4, 0.5) is 10.7 Å². The number of methoxy groups -OCH3 is 3. The quantitative estimate of drug-likeness (QED) is 0.401. The van der Waals surface area contributed by atoms with Crippen LogP contribution in [0.3, 0.4) is 0 Å². The highest BCUT2D eigenvalue weighted by Gasteiger charge is 2.31. The van der Waals surface area contributed by atoms with E-state index >= 15 is 0 Å². The molecule has 0 aliphatic heterocycles. The van der Waals surface area contributed by atoms with Gasteiger partial charge in [-0.2, -0.15) is 0 Å². The summed E-state index contributed by atoms with van der Waals surface area (Å²) in [7, 11) is 0.0261. The lowest BCUT2D eigenvalue weighted by atomic mass is 9.95. The molecule has 0 spiro atoms. The first-order valence-electron chi connectivity index (χ1n) is 11.6. The van der Waals surface area contributed by atoms with E-state index in [9.17, 15) is 18.0 Å². The Morgan fingerprint density at radius 3 is 2.35 bits per heavy atom. The van der Waals surface area contributed by atoms with Gasteiger partial charge in [-0.1, -0.05) is 12.1 Å². The summed E-state index contributed by atoms with van der Waals surface area (Å²) < 4.78 is 44.0. The zero-order chi connectivity index (χ0) is 26.6. The lowest BCUT2D eigenvalue weighted by Crippen LogP contribution is -2.38. The first-order chi connectivity index (χ1) is 17.8. The molecular formula is C26H28N2O7S2. The van der Waals surface area contributed by atoms with E-state index in [1.807, 2.05) is 0 Å². The third kappa shape index (κ3) is 5.42. The van der Waals surface area contributed by atoms with Gasteiger partial charge in [0.15, 0.2) is 0 Å². The number of hydrogen-bond donors (Lipinski definition) is 1. The Morgan fingerprint density at radius 1 is 0.973 bits per heavy atom. The van der Waals surface area contributed by atoms with E-state index in [0.717, 1.165) is 40.4 Å². The van der Waals surface area contributed by atoms with Crippen molar-refractivity contribution in [1.82, 2.24) is 0 Å². The summed E-state index contributed by atoms with van der Waals surface area (Å²) in [6.07, 6.45) is 3.50. The second kappa shape index (κ2) is 11.2. The molecule has 1 aliphatic carbocycles.